The first-order valence-corrected chi connectivity index (χ1v) is 3.55. The molecule has 9 heavy (non-hydrogen) atoms. The van der Waals surface area contributed by atoms with E-state index in [0.717, 1.165) is 19.6 Å². The van der Waals surface area contributed by atoms with Crippen LogP contribution >= 0.6 is 0 Å². The molecule has 0 bridgehead atoms. The predicted molar refractivity (Wildman–Crippen MR) is 37.1 cm³/mol. The summed E-state index contributed by atoms with van der Waals surface area (Å²) in [6.07, 6.45) is 0.691. The average Bonchev–Trinajstić information content (AvgIpc) is 1.91. The van der Waals surface area contributed by atoms with Gasteiger partial charge in [0, 0.05) is 0 Å². The third-order valence-electron chi connectivity index (χ3n) is 1.59. The van der Waals surface area contributed by atoms with Crippen molar-refractivity contribution in [3.8, 4) is 6.07 Å². The van der Waals surface area contributed by atoms with E-state index in [1.54, 1.807) is 0 Å². The summed E-state index contributed by atoms with van der Waals surface area (Å²) in [5.74, 6) is 0. The van der Waals surface area contributed by atoms with Crippen molar-refractivity contribution in [3.63, 3.8) is 0 Å². The highest BCUT2D eigenvalue weighted by molar-refractivity contribution is 4.66. The predicted octanol–water partition coefficient (Wildman–Crippen LogP) is -0.175. The summed E-state index contributed by atoms with van der Waals surface area (Å²) in [4.78, 5) is 1.51. The number of rotatable bonds is 4. The highest BCUT2D eigenvalue weighted by Crippen LogP contribution is 1.63. The van der Waals surface area contributed by atoms with E-state index in [1.165, 1.54) is 4.90 Å². The Morgan fingerprint density at radius 2 is 1.89 bits per heavy atom. The van der Waals surface area contributed by atoms with Crippen LogP contribution < -0.4 is 4.90 Å². The second-order valence-corrected chi connectivity index (χ2v) is 2.12. The molecule has 0 aliphatic carbocycles. The Morgan fingerprint density at radius 1 is 1.33 bits per heavy atom. The van der Waals surface area contributed by atoms with E-state index in [-0.39, 0.29) is 0 Å². The molecular formula is C7H15N2+. The largest absolute Gasteiger partial charge is 0.335 e. The Balaban J connectivity index is 3.22. The van der Waals surface area contributed by atoms with Crippen LogP contribution in [0, 0.1) is 11.3 Å². The van der Waals surface area contributed by atoms with Gasteiger partial charge in [-0.25, -0.2) is 0 Å². The van der Waals surface area contributed by atoms with Crippen molar-refractivity contribution in [2.75, 3.05) is 19.6 Å². The summed E-state index contributed by atoms with van der Waals surface area (Å²) in [5.41, 5.74) is 0. The van der Waals surface area contributed by atoms with E-state index < -0.39 is 0 Å². The van der Waals surface area contributed by atoms with Gasteiger partial charge in [-0.15, -0.1) is 0 Å². The van der Waals surface area contributed by atoms with Gasteiger partial charge in [-0.05, 0) is 13.8 Å². The molecule has 0 aliphatic heterocycles. The fourth-order valence-electron chi connectivity index (χ4n) is 0.836. The number of quaternary nitrogens is 1. The third-order valence-corrected chi connectivity index (χ3v) is 1.59. The van der Waals surface area contributed by atoms with Gasteiger partial charge in [0.1, 0.15) is 0 Å². The molecule has 0 unspecified atom stereocenters. The van der Waals surface area contributed by atoms with Gasteiger partial charge in [0.25, 0.3) is 0 Å². The number of hydrogen-bond acceptors (Lipinski definition) is 1. The molecule has 52 valence electrons. The first kappa shape index (κ1) is 8.45. The van der Waals surface area contributed by atoms with Crippen molar-refractivity contribution >= 4 is 0 Å². The van der Waals surface area contributed by atoms with Crippen LogP contribution in [0.4, 0.5) is 0 Å². The van der Waals surface area contributed by atoms with E-state index in [9.17, 15) is 0 Å². The Morgan fingerprint density at radius 3 is 2.22 bits per heavy atom. The van der Waals surface area contributed by atoms with Crippen LogP contribution in [0.5, 0.6) is 0 Å². The van der Waals surface area contributed by atoms with Crippen molar-refractivity contribution in [2.45, 2.75) is 20.3 Å². The molecule has 2 nitrogen and oxygen atoms in total. The van der Waals surface area contributed by atoms with Gasteiger partial charge >= 0.3 is 0 Å². The molecule has 0 rings (SSSR count). The van der Waals surface area contributed by atoms with Crippen molar-refractivity contribution in [1.82, 2.24) is 0 Å². The molecule has 0 aromatic carbocycles. The van der Waals surface area contributed by atoms with E-state index >= 15 is 0 Å². The van der Waals surface area contributed by atoms with Crippen LogP contribution in [0.15, 0.2) is 0 Å². The number of nitrogens with one attached hydrogen (secondary N) is 1. The molecule has 0 aliphatic rings. The Bertz CT molecular complexity index is 89.6. The third kappa shape index (κ3) is 3.99. The molecular weight excluding hydrogens is 112 g/mol. The normalized spacial score (nSPS) is 9.56. The minimum Gasteiger partial charge on any atom is -0.335 e. The second-order valence-electron chi connectivity index (χ2n) is 2.12. The maximum absolute atomic E-state index is 8.24. The lowest BCUT2D eigenvalue weighted by molar-refractivity contribution is -0.895. The molecule has 0 fully saturated rings. The quantitative estimate of drug-likeness (QED) is 0.557. The fourth-order valence-corrected chi connectivity index (χ4v) is 0.836. The zero-order valence-corrected chi connectivity index (χ0v) is 6.28. The molecule has 0 saturated heterocycles. The molecule has 0 aromatic rings. The number of nitrogens with zero attached hydrogens (tertiary/aromatic N) is 1. The summed E-state index contributed by atoms with van der Waals surface area (Å²) >= 11 is 0. The summed E-state index contributed by atoms with van der Waals surface area (Å²) in [7, 11) is 0. The van der Waals surface area contributed by atoms with Gasteiger partial charge in [0.15, 0.2) is 0 Å². The lowest BCUT2D eigenvalue weighted by Crippen LogP contribution is -3.11. The van der Waals surface area contributed by atoms with Crippen molar-refractivity contribution in [2.24, 2.45) is 0 Å². The van der Waals surface area contributed by atoms with Gasteiger partial charge < -0.3 is 4.90 Å². The minimum atomic E-state index is 0.691. The lowest BCUT2D eigenvalue weighted by Gasteiger charge is -2.12. The summed E-state index contributed by atoms with van der Waals surface area (Å²) in [5, 5.41) is 8.24. The topological polar surface area (TPSA) is 28.2 Å². The molecule has 0 saturated carbocycles. The SMILES string of the molecule is CC[NH+](CC)CCC#N. The van der Waals surface area contributed by atoms with Crippen LogP contribution in [-0.2, 0) is 0 Å². The van der Waals surface area contributed by atoms with Crippen molar-refractivity contribution < 1.29 is 4.90 Å². The lowest BCUT2D eigenvalue weighted by atomic mass is 10.4. The zero-order valence-electron chi connectivity index (χ0n) is 6.28. The van der Waals surface area contributed by atoms with Gasteiger partial charge in [0.2, 0.25) is 0 Å². The zero-order chi connectivity index (χ0) is 7.11. The summed E-state index contributed by atoms with van der Waals surface area (Å²) in [6.45, 7) is 7.58. The van der Waals surface area contributed by atoms with Crippen LogP contribution in [0.2, 0.25) is 0 Å². The molecule has 1 N–H and O–H groups in total. The van der Waals surface area contributed by atoms with Crippen LogP contribution in [0.25, 0.3) is 0 Å². The smallest absolute Gasteiger partial charge is 0.0902 e. The molecule has 2 heteroatoms. The standard InChI is InChI=1S/C7H14N2/c1-3-9(4-2)7-5-6-8/h3-5,7H2,1-2H3/p+1. The van der Waals surface area contributed by atoms with Crippen LogP contribution in [0.3, 0.4) is 0 Å². The first-order valence-electron chi connectivity index (χ1n) is 3.55. The molecule has 0 radical (unpaired) electrons. The number of nitriles is 1. The van der Waals surface area contributed by atoms with Gasteiger partial charge in [0.05, 0.1) is 32.1 Å². The summed E-state index contributed by atoms with van der Waals surface area (Å²) in [6, 6.07) is 2.15. The summed E-state index contributed by atoms with van der Waals surface area (Å²) < 4.78 is 0. The minimum absolute atomic E-state index is 0.691. The second kappa shape index (κ2) is 5.58. The molecule has 0 heterocycles. The molecule has 0 spiro atoms. The highest BCUT2D eigenvalue weighted by atomic mass is 15.1. The maximum atomic E-state index is 8.24. The monoisotopic (exact) mass is 127 g/mol. The van der Waals surface area contributed by atoms with E-state index in [2.05, 4.69) is 19.9 Å². The van der Waals surface area contributed by atoms with Gasteiger partial charge in [-0.2, -0.15) is 5.26 Å². The van der Waals surface area contributed by atoms with Crippen LogP contribution in [0.1, 0.15) is 20.3 Å². The van der Waals surface area contributed by atoms with Gasteiger partial charge in [-0.1, -0.05) is 0 Å². The van der Waals surface area contributed by atoms with E-state index in [1.807, 2.05) is 0 Å². The molecule has 0 aromatic heterocycles. The number of hydrogen-bond donors (Lipinski definition) is 1. The van der Waals surface area contributed by atoms with E-state index in [4.69, 9.17) is 5.26 Å². The first-order chi connectivity index (χ1) is 4.35. The molecule has 0 atom stereocenters. The van der Waals surface area contributed by atoms with Gasteiger partial charge in [-0.3, -0.25) is 0 Å². The Kier molecular flexibility index (Phi) is 5.24. The molecule has 0 amide bonds. The van der Waals surface area contributed by atoms with Crippen LogP contribution in [-0.4, -0.2) is 19.6 Å². The van der Waals surface area contributed by atoms with E-state index in [0.29, 0.717) is 6.42 Å². The Hall–Kier alpha value is -0.550. The van der Waals surface area contributed by atoms with Crippen molar-refractivity contribution in [1.29, 1.82) is 5.26 Å². The van der Waals surface area contributed by atoms with Crippen molar-refractivity contribution in [3.05, 3.63) is 0 Å². The maximum Gasteiger partial charge on any atom is 0.0902 e. The average molecular weight is 127 g/mol. The Labute approximate surface area is 57.1 Å². The fraction of sp³-hybridized carbons (Fsp3) is 0.857. The highest BCUT2D eigenvalue weighted by Gasteiger charge is 1.98.